The average molecular weight is 335 g/mol. The lowest BCUT2D eigenvalue weighted by atomic mass is 9.94. The molecule has 24 heavy (non-hydrogen) atoms. The molecule has 0 bridgehead atoms. The van der Waals surface area contributed by atoms with Gasteiger partial charge in [0.05, 0.1) is 6.54 Å². The number of rotatable bonds is 7. The van der Waals surface area contributed by atoms with Crippen molar-refractivity contribution in [1.29, 1.82) is 0 Å². The zero-order valence-corrected chi connectivity index (χ0v) is 15.4. The lowest BCUT2D eigenvalue weighted by Crippen LogP contribution is -2.40. The minimum atomic E-state index is -0.459. The molecule has 0 aromatic carbocycles. The molecule has 1 N–H and O–H groups in total. The molecule has 0 aliphatic heterocycles. The summed E-state index contributed by atoms with van der Waals surface area (Å²) < 4.78 is 5.28. The fourth-order valence-electron chi connectivity index (χ4n) is 2.47. The maximum atomic E-state index is 12.6. The minimum Gasteiger partial charge on any atom is -0.359 e. The Hall–Kier alpha value is -1.85. The van der Waals surface area contributed by atoms with Gasteiger partial charge in [-0.3, -0.25) is 9.59 Å². The first-order chi connectivity index (χ1) is 11.2. The molecule has 1 saturated carbocycles. The highest BCUT2D eigenvalue weighted by atomic mass is 16.5. The summed E-state index contributed by atoms with van der Waals surface area (Å²) in [5, 5.41) is 6.71. The van der Waals surface area contributed by atoms with Gasteiger partial charge in [-0.1, -0.05) is 39.8 Å². The van der Waals surface area contributed by atoms with Crippen molar-refractivity contribution >= 4 is 11.8 Å². The summed E-state index contributed by atoms with van der Waals surface area (Å²) in [6, 6.07) is 1.63. The van der Waals surface area contributed by atoms with Crippen LogP contribution in [-0.4, -0.2) is 35.0 Å². The van der Waals surface area contributed by atoms with Crippen molar-refractivity contribution in [1.82, 2.24) is 15.4 Å². The van der Waals surface area contributed by atoms with Crippen molar-refractivity contribution < 1.29 is 14.1 Å². The van der Waals surface area contributed by atoms with Crippen LogP contribution in [0.2, 0.25) is 0 Å². The highest BCUT2D eigenvalue weighted by Gasteiger charge is 2.29. The SMILES string of the molecule is CC(C)CN(Cc1cc(C(=O)NCC2CC2)no1)C(=O)C(C)(C)C. The molecule has 1 aliphatic rings. The van der Waals surface area contributed by atoms with Crippen LogP contribution in [0, 0.1) is 17.3 Å². The Kier molecular flexibility index (Phi) is 5.67. The molecule has 0 atom stereocenters. The maximum Gasteiger partial charge on any atom is 0.273 e. The Balaban J connectivity index is 2.00. The summed E-state index contributed by atoms with van der Waals surface area (Å²) in [5.41, 5.74) is -0.183. The van der Waals surface area contributed by atoms with Crippen LogP contribution in [0.4, 0.5) is 0 Å². The van der Waals surface area contributed by atoms with E-state index in [1.165, 1.54) is 12.8 Å². The van der Waals surface area contributed by atoms with Gasteiger partial charge in [-0.25, -0.2) is 0 Å². The molecule has 1 aliphatic carbocycles. The minimum absolute atomic E-state index is 0.0623. The van der Waals surface area contributed by atoms with Crippen molar-refractivity contribution in [2.75, 3.05) is 13.1 Å². The smallest absolute Gasteiger partial charge is 0.273 e. The molecule has 0 spiro atoms. The Morgan fingerprint density at radius 3 is 2.58 bits per heavy atom. The summed E-state index contributed by atoms with van der Waals surface area (Å²) in [4.78, 5) is 26.4. The van der Waals surface area contributed by atoms with E-state index in [0.29, 0.717) is 37.2 Å². The summed E-state index contributed by atoms with van der Waals surface area (Å²) in [6.45, 7) is 11.5. The predicted molar refractivity (Wildman–Crippen MR) is 91.3 cm³/mol. The van der Waals surface area contributed by atoms with E-state index < -0.39 is 5.41 Å². The number of aromatic nitrogens is 1. The van der Waals surface area contributed by atoms with Gasteiger partial charge in [0.2, 0.25) is 5.91 Å². The predicted octanol–water partition coefficient (Wildman–Crippen LogP) is 2.85. The van der Waals surface area contributed by atoms with E-state index in [4.69, 9.17) is 4.52 Å². The number of nitrogens with one attached hydrogen (secondary N) is 1. The second-order valence-corrected chi connectivity index (χ2v) is 8.16. The van der Waals surface area contributed by atoms with Crippen LogP contribution in [0.3, 0.4) is 0 Å². The molecule has 0 unspecified atom stereocenters. The van der Waals surface area contributed by atoms with E-state index >= 15 is 0 Å². The van der Waals surface area contributed by atoms with Crippen molar-refractivity contribution in [3.05, 3.63) is 17.5 Å². The largest absolute Gasteiger partial charge is 0.359 e. The van der Waals surface area contributed by atoms with Gasteiger partial charge < -0.3 is 14.7 Å². The summed E-state index contributed by atoms with van der Waals surface area (Å²) in [5.74, 6) is 1.35. The molecule has 6 nitrogen and oxygen atoms in total. The highest BCUT2D eigenvalue weighted by molar-refractivity contribution is 5.92. The zero-order chi connectivity index (χ0) is 17.9. The Bertz CT molecular complexity index is 583. The van der Waals surface area contributed by atoms with Crippen LogP contribution < -0.4 is 5.32 Å². The first kappa shape index (κ1) is 18.5. The lowest BCUT2D eigenvalue weighted by Gasteiger charge is -2.30. The fourth-order valence-corrected chi connectivity index (χ4v) is 2.47. The zero-order valence-electron chi connectivity index (χ0n) is 15.4. The van der Waals surface area contributed by atoms with Crippen molar-refractivity contribution in [2.24, 2.45) is 17.3 Å². The molecule has 6 heteroatoms. The van der Waals surface area contributed by atoms with Crippen LogP contribution in [-0.2, 0) is 11.3 Å². The van der Waals surface area contributed by atoms with Crippen LogP contribution in [0.1, 0.15) is 63.7 Å². The number of hydrogen-bond acceptors (Lipinski definition) is 4. The van der Waals surface area contributed by atoms with Crippen LogP contribution >= 0.6 is 0 Å². The Labute approximate surface area is 143 Å². The summed E-state index contributed by atoms with van der Waals surface area (Å²) >= 11 is 0. The first-order valence-electron chi connectivity index (χ1n) is 8.70. The van der Waals surface area contributed by atoms with Gasteiger partial charge in [-0.15, -0.1) is 0 Å². The number of hydrogen-bond donors (Lipinski definition) is 1. The molecular formula is C18H29N3O3. The van der Waals surface area contributed by atoms with Gasteiger partial charge in [0.15, 0.2) is 11.5 Å². The van der Waals surface area contributed by atoms with Gasteiger partial charge in [-0.05, 0) is 24.7 Å². The summed E-state index contributed by atoms with van der Waals surface area (Å²) in [6.07, 6.45) is 2.37. The standard InChI is InChI=1S/C18H29N3O3/c1-12(2)10-21(17(23)18(3,4)5)11-14-8-15(20-24-14)16(22)19-9-13-6-7-13/h8,12-13H,6-7,9-11H2,1-5H3,(H,19,22). The molecule has 1 aromatic heterocycles. The van der Waals surface area contributed by atoms with E-state index in [1.807, 2.05) is 20.8 Å². The Morgan fingerprint density at radius 1 is 1.38 bits per heavy atom. The lowest BCUT2D eigenvalue weighted by molar-refractivity contribution is -0.141. The maximum absolute atomic E-state index is 12.6. The van der Waals surface area contributed by atoms with E-state index in [-0.39, 0.29) is 17.5 Å². The molecular weight excluding hydrogens is 306 g/mol. The van der Waals surface area contributed by atoms with E-state index in [9.17, 15) is 9.59 Å². The second-order valence-electron chi connectivity index (χ2n) is 8.16. The molecule has 1 aromatic rings. The fraction of sp³-hybridized carbons (Fsp3) is 0.722. The summed E-state index contributed by atoms with van der Waals surface area (Å²) in [7, 11) is 0. The topological polar surface area (TPSA) is 75.4 Å². The number of carbonyl (C=O) groups excluding carboxylic acids is 2. The second kappa shape index (κ2) is 7.36. The number of amides is 2. The number of carbonyl (C=O) groups is 2. The van der Waals surface area contributed by atoms with Crippen LogP contribution in [0.15, 0.2) is 10.6 Å². The van der Waals surface area contributed by atoms with Crippen molar-refractivity contribution in [3.8, 4) is 0 Å². The van der Waals surface area contributed by atoms with Crippen LogP contribution in [0.25, 0.3) is 0 Å². The van der Waals surface area contributed by atoms with E-state index in [0.717, 1.165) is 0 Å². The number of nitrogens with zero attached hydrogens (tertiary/aromatic N) is 2. The molecule has 1 heterocycles. The van der Waals surface area contributed by atoms with Crippen molar-refractivity contribution in [3.63, 3.8) is 0 Å². The van der Waals surface area contributed by atoms with E-state index in [2.05, 4.69) is 24.3 Å². The molecule has 0 radical (unpaired) electrons. The van der Waals surface area contributed by atoms with Gasteiger partial charge in [0, 0.05) is 24.6 Å². The Morgan fingerprint density at radius 2 is 2.04 bits per heavy atom. The molecule has 1 fully saturated rings. The molecule has 134 valence electrons. The third-order valence-corrected chi connectivity index (χ3v) is 3.90. The van der Waals surface area contributed by atoms with Crippen LogP contribution in [0.5, 0.6) is 0 Å². The van der Waals surface area contributed by atoms with Gasteiger partial charge in [-0.2, -0.15) is 0 Å². The van der Waals surface area contributed by atoms with E-state index in [1.54, 1.807) is 11.0 Å². The molecule has 0 saturated heterocycles. The average Bonchev–Trinajstić information content (AvgIpc) is 3.19. The first-order valence-corrected chi connectivity index (χ1v) is 8.70. The normalized spacial score (nSPS) is 14.8. The monoisotopic (exact) mass is 335 g/mol. The quantitative estimate of drug-likeness (QED) is 0.831. The van der Waals surface area contributed by atoms with Gasteiger partial charge in [0.1, 0.15) is 0 Å². The molecule has 2 rings (SSSR count). The third-order valence-electron chi connectivity index (χ3n) is 3.90. The highest BCUT2D eigenvalue weighted by Crippen LogP contribution is 2.27. The molecule has 2 amide bonds. The van der Waals surface area contributed by atoms with Crippen molar-refractivity contribution in [2.45, 2.75) is 54.0 Å². The van der Waals surface area contributed by atoms with Gasteiger partial charge >= 0.3 is 0 Å². The van der Waals surface area contributed by atoms with Gasteiger partial charge in [0.25, 0.3) is 5.91 Å². The third kappa shape index (κ3) is 5.35.